The van der Waals surface area contributed by atoms with Crippen molar-refractivity contribution in [3.63, 3.8) is 0 Å². The monoisotopic (exact) mass is 371 g/mol. The molecule has 0 aromatic heterocycles. The van der Waals surface area contributed by atoms with Crippen molar-refractivity contribution in [2.45, 2.75) is 19.3 Å². The molecular formula is C20H22ClN3O2. The first-order chi connectivity index (χ1) is 12.6. The fraction of sp³-hybridized carbons (Fsp3) is 0.250. The van der Waals surface area contributed by atoms with E-state index in [4.69, 9.17) is 16.3 Å². The van der Waals surface area contributed by atoms with Gasteiger partial charge >= 0.3 is 0 Å². The summed E-state index contributed by atoms with van der Waals surface area (Å²) in [6.07, 6.45) is 1.13. The van der Waals surface area contributed by atoms with Crippen LogP contribution in [-0.2, 0) is 17.9 Å². The summed E-state index contributed by atoms with van der Waals surface area (Å²) >= 11 is 6.24. The zero-order valence-electron chi connectivity index (χ0n) is 14.9. The number of carbonyl (C=O) groups is 1. The van der Waals surface area contributed by atoms with Crippen LogP contribution in [0.15, 0.2) is 66.0 Å². The number of methoxy groups -OCH3 is 1. The molecule has 0 fully saturated rings. The minimum absolute atomic E-state index is 0.0383. The van der Waals surface area contributed by atoms with Crippen LogP contribution in [0.3, 0.4) is 0 Å². The first-order valence-electron chi connectivity index (χ1n) is 8.38. The molecule has 5 nitrogen and oxygen atoms in total. The third-order valence-corrected chi connectivity index (χ3v) is 4.50. The Balaban J connectivity index is 1.71. The standard InChI is InChI=1S/C20H22ClN3O2/c1-23(12-15-6-4-3-5-7-15)19-20(25)24(14-18(21)22-19)13-16-8-10-17(26-2)11-9-16/h3-11,14,19,22H,12-13H2,1-2H3. The predicted molar refractivity (Wildman–Crippen MR) is 102 cm³/mol. The normalized spacial score (nSPS) is 17.1. The maximum atomic E-state index is 12.9. The summed E-state index contributed by atoms with van der Waals surface area (Å²) in [4.78, 5) is 16.5. The molecule has 1 amide bonds. The number of benzene rings is 2. The van der Waals surface area contributed by atoms with Crippen LogP contribution in [0.4, 0.5) is 0 Å². The topological polar surface area (TPSA) is 44.8 Å². The predicted octanol–water partition coefficient (Wildman–Crippen LogP) is 3.12. The third-order valence-electron chi connectivity index (χ3n) is 4.29. The van der Waals surface area contributed by atoms with Crippen molar-refractivity contribution < 1.29 is 9.53 Å². The molecule has 6 heteroatoms. The van der Waals surface area contributed by atoms with Crippen LogP contribution in [0, 0.1) is 0 Å². The van der Waals surface area contributed by atoms with E-state index in [0.717, 1.165) is 16.9 Å². The summed E-state index contributed by atoms with van der Waals surface area (Å²) in [6, 6.07) is 17.7. The molecule has 0 aliphatic carbocycles. The Labute approximate surface area is 158 Å². The van der Waals surface area contributed by atoms with Gasteiger partial charge in [0, 0.05) is 12.7 Å². The Morgan fingerprint density at radius 2 is 1.81 bits per heavy atom. The number of nitrogens with zero attached hydrogens (tertiary/aromatic N) is 2. The number of amides is 1. The molecule has 0 saturated heterocycles. The molecule has 0 radical (unpaired) electrons. The molecule has 2 aromatic rings. The molecule has 136 valence electrons. The molecular weight excluding hydrogens is 350 g/mol. The summed E-state index contributed by atoms with van der Waals surface area (Å²) in [5.74, 6) is 0.748. The Hall–Kier alpha value is -2.50. The lowest BCUT2D eigenvalue weighted by Gasteiger charge is -2.35. The quantitative estimate of drug-likeness (QED) is 0.792. The van der Waals surface area contributed by atoms with Crippen molar-refractivity contribution in [2.75, 3.05) is 14.2 Å². The van der Waals surface area contributed by atoms with Gasteiger partial charge in [0.25, 0.3) is 5.91 Å². The number of ether oxygens (including phenoxy) is 1. The number of nitrogens with one attached hydrogen (secondary N) is 1. The highest BCUT2D eigenvalue weighted by Gasteiger charge is 2.31. The van der Waals surface area contributed by atoms with Crippen molar-refractivity contribution in [3.8, 4) is 5.75 Å². The fourth-order valence-corrected chi connectivity index (χ4v) is 3.12. The van der Waals surface area contributed by atoms with E-state index in [0.29, 0.717) is 18.2 Å². The molecule has 1 unspecified atom stereocenters. The first-order valence-corrected chi connectivity index (χ1v) is 8.76. The van der Waals surface area contributed by atoms with E-state index in [1.54, 1.807) is 18.2 Å². The highest BCUT2D eigenvalue weighted by molar-refractivity contribution is 6.29. The molecule has 1 aliphatic rings. The largest absolute Gasteiger partial charge is 0.497 e. The molecule has 0 spiro atoms. The molecule has 0 bridgehead atoms. The van der Waals surface area contributed by atoms with Crippen molar-refractivity contribution in [1.29, 1.82) is 0 Å². The van der Waals surface area contributed by atoms with Crippen LogP contribution < -0.4 is 10.1 Å². The second-order valence-electron chi connectivity index (χ2n) is 6.24. The van der Waals surface area contributed by atoms with Crippen LogP contribution in [0.25, 0.3) is 0 Å². The lowest BCUT2D eigenvalue weighted by Crippen LogP contribution is -2.55. The minimum atomic E-state index is -0.508. The van der Waals surface area contributed by atoms with Gasteiger partial charge in [-0.05, 0) is 30.3 Å². The van der Waals surface area contributed by atoms with Crippen molar-refractivity contribution in [1.82, 2.24) is 15.1 Å². The third kappa shape index (κ3) is 4.36. The zero-order valence-corrected chi connectivity index (χ0v) is 15.6. The maximum Gasteiger partial charge on any atom is 0.264 e. The Bertz CT molecular complexity index is 777. The van der Waals surface area contributed by atoms with E-state index < -0.39 is 6.17 Å². The second kappa shape index (κ2) is 8.25. The van der Waals surface area contributed by atoms with Crippen LogP contribution in [0.2, 0.25) is 0 Å². The average molecular weight is 372 g/mol. The molecule has 26 heavy (non-hydrogen) atoms. The highest BCUT2D eigenvalue weighted by Crippen LogP contribution is 2.19. The SMILES string of the molecule is COc1ccc(CN2C=C(Cl)NC(N(C)Cc3ccccc3)C2=O)cc1. The van der Waals surface area contributed by atoms with Gasteiger partial charge in [0.05, 0.1) is 13.7 Å². The molecule has 1 N–H and O–H groups in total. The molecule has 3 rings (SSSR count). The lowest BCUT2D eigenvalue weighted by molar-refractivity contribution is -0.136. The summed E-state index contributed by atoms with van der Waals surface area (Å²) < 4.78 is 5.17. The maximum absolute atomic E-state index is 12.9. The summed E-state index contributed by atoms with van der Waals surface area (Å²) in [5.41, 5.74) is 2.14. The summed E-state index contributed by atoms with van der Waals surface area (Å²) in [5, 5.41) is 3.51. The molecule has 1 aliphatic heterocycles. The number of carbonyl (C=O) groups excluding carboxylic acids is 1. The van der Waals surface area contributed by atoms with Crippen LogP contribution >= 0.6 is 11.6 Å². The summed E-state index contributed by atoms with van der Waals surface area (Å²) in [6.45, 7) is 1.10. The zero-order chi connectivity index (χ0) is 18.5. The van der Waals surface area contributed by atoms with Gasteiger partial charge in [-0.1, -0.05) is 54.1 Å². The van der Waals surface area contributed by atoms with Crippen molar-refractivity contribution in [3.05, 3.63) is 77.1 Å². The molecule has 1 atom stereocenters. The first kappa shape index (κ1) is 18.3. The van der Waals surface area contributed by atoms with Crippen molar-refractivity contribution >= 4 is 17.5 Å². The van der Waals surface area contributed by atoms with Gasteiger partial charge in [0.2, 0.25) is 0 Å². The van der Waals surface area contributed by atoms with Gasteiger partial charge in [-0.25, -0.2) is 0 Å². The number of hydrogen-bond donors (Lipinski definition) is 1. The van der Waals surface area contributed by atoms with E-state index in [9.17, 15) is 4.79 Å². The van der Waals surface area contributed by atoms with Gasteiger partial charge in [0.15, 0.2) is 6.17 Å². The van der Waals surface area contributed by atoms with Gasteiger partial charge in [-0.15, -0.1) is 0 Å². The van der Waals surface area contributed by atoms with Crippen LogP contribution in [-0.4, -0.2) is 36.0 Å². The van der Waals surface area contributed by atoms with Crippen molar-refractivity contribution in [2.24, 2.45) is 0 Å². The van der Waals surface area contributed by atoms with Gasteiger partial charge < -0.3 is 15.0 Å². The summed E-state index contributed by atoms with van der Waals surface area (Å²) in [7, 11) is 3.54. The van der Waals surface area contributed by atoms with Crippen LogP contribution in [0.5, 0.6) is 5.75 Å². The van der Waals surface area contributed by atoms with Gasteiger partial charge in [-0.2, -0.15) is 0 Å². The van der Waals surface area contributed by atoms with E-state index in [1.165, 1.54) is 0 Å². The van der Waals surface area contributed by atoms with Gasteiger partial charge in [0.1, 0.15) is 10.9 Å². The van der Waals surface area contributed by atoms with Gasteiger partial charge in [-0.3, -0.25) is 9.69 Å². The minimum Gasteiger partial charge on any atom is -0.497 e. The fourth-order valence-electron chi connectivity index (χ4n) is 2.90. The Morgan fingerprint density at radius 3 is 2.46 bits per heavy atom. The Morgan fingerprint density at radius 1 is 1.12 bits per heavy atom. The average Bonchev–Trinajstić information content (AvgIpc) is 2.65. The van der Waals surface area contributed by atoms with E-state index in [-0.39, 0.29) is 5.91 Å². The number of likely N-dealkylation sites (N-methyl/N-ethyl adjacent to an activating group) is 1. The molecule has 2 aromatic carbocycles. The number of rotatable bonds is 6. The number of hydrogen-bond acceptors (Lipinski definition) is 4. The van der Waals surface area contributed by atoms with Crippen LogP contribution in [0.1, 0.15) is 11.1 Å². The molecule has 1 heterocycles. The second-order valence-corrected chi connectivity index (χ2v) is 6.65. The van der Waals surface area contributed by atoms with E-state index in [2.05, 4.69) is 5.32 Å². The van der Waals surface area contributed by atoms with E-state index in [1.807, 2.05) is 66.5 Å². The smallest absolute Gasteiger partial charge is 0.264 e. The Kier molecular flexibility index (Phi) is 5.81. The van der Waals surface area contributed by atoms with E-state index >= 15 is 0 Å². The highest BCUT2D eigenvalue weighted by atomic mass is 35.5. The number of halogens is 1. The lowest BCUT2D eigenvalue weighted by atomic mass is 10.1. The molecule has 0 saturated carbocycles.